The number of carbonyl (C=O) groups excluding carboxylic acids is 2. The first kappa shape index (κ1) is 14.6. The number of rotatable bonds is 1. The van der Waals surface area contributed by atoms with E-state index in [1.807, 2.05) is 6.92 Å². The van der Waals surface area contributed by atoms with Gasteiger partial charge in [-0.05, 0) is 56.6 Å². The van der Waals surface area contributed by atoms with Gasteiger partial charge in [-0.3, -0.25) is 9.59 Å². The molecule has 0 saturated heterocycles. The molecule has 21 heavy (non-hydrogen) atoms. The van der Waals surface area contributed by atoms with Crippen LogP contribution in [0.2, 0.25) is 0 Å². The minimum Gasteiger partial charge on any atom is -0.468 e. The Morgan fingerprint density at radius 2 is 2.00 bits per heavy atom. The molecule has 0 spiro atoms. The highest BCUT2D eigenvalue weighted by atomic mass is 16.5. The molecule has 0 aromatic heterocycles. The van der Waals surface area contributed by atoms with Crippen LogP contribution in [0.3, 0.4) is 0 Å². The first-order chi connectivity index (χ1) is 9.95. The van der Waals surface area contributed by atoms with Crippen LogP contribution in [0.1, 0.15) is 58.8 Å². The Balaban J connectivity index is 2.15. The lowest BCUT2D eigenvalue weighted by atomic mass is 9.50. The average molecular weight is 288 g/mol. The van der Waals surface area contributed by atoms with Crippen molar-refractivity contribution in [1.82, 2.24) is 0 Å². The van der Waals surface area contributed by atoms with Crippen molar-refractivity contribution >= 4 is 11.8 Å². The molecular weight excluding hydrogens is 264 g/mol. The lowest BCUT2D eigenvalue weighted by Crippen LogP contribution is -2.48. The number of esters is 1. The quantitative estimate of drug-likeness (QED) is 0.545. The normalized spacial score (nSPS) is 35.8. The summed E-state index contributed by atoms with van der Waals surface area (Å²) in [5.41, 5.74) is 2.89. The molecule has 0 heterocycles. The topological polar surface area (TPSA) is 43.4 Å². The number of carbonyl (C=O) groups is 2. The maximum atomic E-state index is 12.5. The fraction of sp³-hybridized carbons (Fsp3) is 0.667. The molecule has 2 atom stereocenters. The summed E-state index contributed by atoms with van der Waals surface area (Å²) in [6, 6.07) is 0. The molecule has 3 aliphatic rings. The van der Waals surface area contributed by atoms with Crippen molar-refractivity contribution in [2.45, 2.75) is 58.8 Å². The summed E-state index contributed by atoms with van der Waals surface area (Å²) in [6.07, 6.45) is 8.31. The predicted molar refractivity (Wildman–Crippen MR) is 80.7 cm³/mol. The van der Waals surface area contributed by atoms with Gasteiger partial charge >= 0.3 is 5.97 Å². The zero-order valence-corrected chi connectivity index (χ0v) is 13.3. The van der Waals surface area contributed by atoms with E-state index in [0.29, 0.717) is 6.42 Å². The molecule has 114 valence electrons. The molecule has 0 amide bonds. The molecule has 0 aromatic carbocycles. The fourth-order valence-electron chi connectivity index (χ4n) is 4.89. The first-order valence-corrected chi connectivity index (χ1v) is 7.99. The third-order valence-corrected chi connectivity index (χ3v) is 6.03. The minimum absolute atomic E-state index is 0.0803. The van der Waals surface area contributed by atoms with Crippen molar-refractivity contribution < 1.29 is 14.3 Å². The zero-order valence-electron chi connectivity index (χ0n) is 13.3. The second-order valence-electron chi connectivity index (χ2n) is 6.94. The van der Waals surface area contributed by atoms with Crippen molar-refractivity contribution in [2.75, 3.05) is 7.11 Å². The van der Waals surface area contributed by atoms with Gasteiger partial charge in [0.1, 0.15) is 0 Å². The van der Waals surface area contributed by atoms with Gasteiger partial charge in [0.05, 0.1) is 12.5 Å². The third kappa shape index (κ3) is 1.86. The van der Waals surface area contributed by atoms with Crippen LogP contribution in [0, 0.1) is 10.8 Å². The smallest absolute Gasteiger partial charge is 0.315 e. The van der Waals surface area contributed by atoms with Crippen molar-refractivity contribution in [3.05, 3.63) is 22.8 Å². The number of methoxy groups -OCH3 is 1. The number of hydrogen-bond donors (Lipinski definition) is 0. The zero-order chi connectivity index (χ0) is 15.3. The lowest BCUT2D eigenvalue weighted by Gasteiger charge is -2.52. The van der Waals surface area contributed by atoms with Crippen molar-refractivity contribution in [3.63, 3.8) is 0 Å². The number of ketones is 1. The van der Waals surface area contributed by atoms with E-state index in [4.69, 9.17) is 4.74 Å². The number of ether oxygens (including phenoxy) is 1. The van der Waals surface area contributed by atoms with Gasteiger partial charge in [0.25, 0.3) is 0 Å². The van der Waals surface area contributed by atoms with Gasteiger partial charge in [0.2, 0.25) is 0 Å². The molecule has 3 rings (SSSR count). The van der Waals surface area contributed by atoms with E-state index in [-0.39, 0.29) is 17.2 Å². The van der Waals surface area contributed by atoms with Crippen LogP contribution in [0.15, 0.2) is 22.8 Å². The van der Waals surface area contributed by atoms with E-state index >= 15 is 0 Å². The maximum Gasteiger partial charge on any atom is 0.315 e. The van der Waals surface area contributed by atoms with E-state index < -0.39 is 5.41 Å². The van der Waals surface area contributed by atoms with E-state index in [1.165, 1.54) is 18.3 Å². The lowest BCUT2D eigenvalue weighted by molar-refractivity contribution is -0.153. The second kappa shape index (κ2) is 4.82. The van der Waals surface area contributed by atoms with Crippen molar-refractivity contribution in [1.29, 1.82) is 0 Å². The fourth-order valence-corrected chi connectivity index (χ4v) is 4.89. The van der Waals surface area contributed by atoms with Crippen LogP contribution in [0.25, 0.3) is 0 Å². The maximum absolute atomic E-state index is 12.5. The highest BCUT2D eigenvalue weighted by molar-refractivity contribution is 5.97. The highest BCUT2D eigenvalue weighted by Crippen LogP contribution is 2.61. The number of allylic oxidation sites excluding steroid dienone is 3. The molecular formula is C18H24O3. The Kier molecular flexibility index (Phi) is 3.34. The van der Waals surface area contributed by atoms with Gasteiger partial charge < -0.3 is 4.74 Å². The largest absolute Gasteiger partial charge is 0.468 e. The Morgan fingerprint density at radius 1 is 1.24 bits per heavy atom. The molecule has 0 aromatic rings. The first-order valence-electron chi connectivity index (χ1n) is 7.99. The summed E-state index contributed by atoms with van der Waals surface area (Å²) in [7, 11) is 1.49. The molecule has 1 fully saturated rings. The monoisotopic (exact) mass is 288 g/mol. The molecule has 3 nitrogen and oxygen atoms in total. The van der Waals surface area contributed by atoms with Crippen molar-refractivity contribution in [2.24, 2.45) is 10.8 Å². The molecule has 0 N–H and O–H groups in total. The predicted octanol–water partition coefficient (Wildman–Crippen LogP) is 3.74. The van der Waals surface area contributed by atoms with Crippen LogP contribution in [0.5, 0.6) is 0 Å². The van der Waals surface area contributed by atoms with E-state index in [9.17, 15) is 9.59 Å². The summed E-state index contributed by atoms with van der Waals surface area (Å²) in [4.78, 5) is 24.6. The summed E-state index contributed by atoms with van der Waals surface area (Å²) in [6.45, 7) is 4.19. The third-order valence-electron chi connectivity index (χ3n) is 6.03. The van der Waals surface area contributed by atoms with Gasteiger partial charge in [0.15, 0.2) is 5.78 Å². The number of fused-ring (bicyclic) bond motifs is 3. The number of hydrogen-bond acceptors (Lipinski definition) is 3. The average Bonchev–Trinajstić information content (AvgIpc) is 2.50. The molecule has 0 radical (unpaired) electrons. The molecule has 3 heteroatoms. The van der Waals surface area contributed by atoms with Gasteiger partial charge in [-0.25, -0.2) is 0 Å². The summed E-state index contributed by atoms with van der Waals surface area (Å²) in [5.74, 6) is 0.202. The Bertz CT molecular complexity index is 569. The van der Waals surface area contributed by atoms with Gasteiger partial charge in [-0.15, -0.1) is 0 Å². The van der Waals surface area contributed by atoms with E-state index in [0.717, 1.165) is 44.1 Å². The molecule has 0 unspecified atom stereocenters. The van der Waals surface area contributed by atoms with Crippen LogP contribution in [0.4, 0.5) is 0 Å². The molecule has 0 aliphatic heterocycles. The summed E-state index contributed by atoms with van der Waals surface area (Å²) in [5, 5.41) is 0. The Labute approximate surface area is 126 Å². The SMILES string of the molecule is COC(=O)[C@]12CCCC=C1[C@@]1(C)CCC(=O)C(C)=C1CC2. The second-order valence-corrected chi connectivity index (χ2v) is 6.94. The van der Waals surface area contributed by atoms with Crippen LogP contribution in [-0.4, -0.2) is 18.9 Å². The Hall–Kier alpha value is -1.38. The minimum atomic E-state index is -0.439. The van der Waals surface area contributed by atoms with Crippen LogP contribution < -0.4 is 0 Å². The Morgan fingerprint density at radius 3 is 2.71 bits per heavy atom. The van der Waals surface area contributed by atoms with Crippen LogP contribution in [-0.2, 0) is 14.3 Å². The molecule has 3 aliphatic carbocycles. The van der Waals surface area contributed by atoms with Crippen LogP contribution >= 0.6 is 0 Å². The number of Topliss-reactive ketones (excluding diaryl/α,β-unsaturated/α-hetero) is 1. The molecule has 1 saturated carbocycles. The standard InChI is InChI=1S/C18H24O3/c1-12-13-7-11-18(16(20)21-3)9-5-4-6-15(18)17(13,2)10-8-14(12)19/h6H,4-5,7-11H2,1-3H3/t17-,18-/m0/s1. The summed E-state index contributed by atoms with van der Waals surface area (Å²) < 4.78 is 5.16. The summed E-state index contributed by atoms with van der Waals surface area (Å²) >= 11 is 0. The van der Waals surface area contributed by atoms with Gasteiger partial charge in [0, 0.05) is 11.8 Å². The van der Waals surface area contributed by atoms with Crippen molar-refractivity contribution in [3.8, 4) is 0 Å². The van der Waals surface area contributed by atoms with E-state index in [2.05, 4.69) is 13.0 Å². The van der Waals surface area contributed by atoms with E-state index in [1.54, 1.807) is 0 Å². The molecule has 0 bridgehead atoms. The van der Waals surface area contributed by atoms with Gasteiger partial charge in [-0.1, -0.05) is 18.6 Å². The van der Waals surface area contributed by atoms with Gasteiger partial charge in [-0.2, -0.15) is 0 Å². The highest BCUT2D eigenvalue weighted by Gasteiger charge is 2.55.